The molecule has 1 aliphatic rings. The number of carbonyl (C=O) groups excluding carboxylic acids is 1. The molecule has 146 valence electrons. The molecule has 7 nitrogen and oxygen atoms in total. The van der Waals surface area contributed by atoms with Gasteiger partial charge < -0.3 is 15.5 Å². The van der Waals surface area contributed by atoms with E-state index >= 15 is 0 Å². The van der Waals surface area contributed by atoms with Gasteiger partial charge in [0, 0.05) is 23.7 Å². The van der Waals surface area contributed by atoms with Gasteiger partial charge in [0.15, 0.2) is 0 Å². The summed E-state index contributed by atoms with van der Waals surface area (Å²) in [5, 5.41) is 7.70. The van der Waals surface area contributed by atoms with Crippen molar-refractivity contribution in [1.82, 2.24) is 10.2 Å². The van der Waals surface area contributed by atoms with Gasteiger partial charge >= 0.3 is 6.03 Å². The monoisotopic (exact) mass is 408 g/mol. The van der Waals surface area contributed by atoms with E-state index in [0.29, 0.717) is 30.9 Å². The molecule has 9 heteroatoms. The van der Waals surface area contributed by atoms with Crippen molar-refractivity contribution in [3.05, 3.63) is 46.7 Å². The molecule has 0 spiro atoms. The van der Waals surface area contributed by atoms with Crippen LogP contribution in [0, 0.1) is 0 Å². The molecule has 0 unspecified atom stereocenters. The normalized spacial score (nSPS) is 17.1. The molecule has 3 rings (SSSR count). The number of benzene rings is 1. The Morgan fingerprint density at radius 3 is 2.56 bits per heavy atom. The van der Waals surface area contributed by atoms with Crippen molar-refractivity contribution >= 4 is 38.8 Å². The Labute approximate surface area is 164 Å². The van der Waals surface area contributed by atoms with Crippen LogP contribution in [0.25, 0.3) is 0 Å². The molecule has 2 heterocycles. The van der Waals surface area contributed by atoms with E-state index < -0.39 is 10.0 Å². The van der Waals surface area contributed by atoms with Crippen LogP contribution >= 0.6 is 11.3 Å². The fourth-order valence-electron chi connectivity index (χ4n) is 3.02. The zero-order valence-corrected chi connectivity index (χ0v) is 17.0. The van der Waals surface area contributed by atoms with E-state index in [0.717, 1.165) is 0 Å². The second-order valence-electron chi connectivity index (χ2n) is 6.62. The Morgan fingerprint density at radius 1 is 1.26 bits per heavy atom. The molecule has 1 fully saturated rings. The van der Waals surface area contributed by atoms with Gasteiger partial charge in [0.05, 0.1) is 17.5 Å². The molecule has 27 heavy (non-hydrogen) atoms. The number of hydrogen-bond acceptors (Lipinski definition) is 5. The van der Waals surface area contributed by atoms with Gasteiger partial charge in [-0.05, 0) is 56.2 Å². The number of thiophene rings is 1. The van der Waals surface area contributed by atoms with Gasteiger partial charge in [-0.25, -0.2) is 13.2 Å². The van der Waals surface area contributed by atoms with Crippen LogP contribution in [0.1, 0.15) is 17.3 Å². The van der Waals surface area contributed by atoms with Crippen molar-refractivity contribution < 1.29 is 13.2 Å². The third-order valence-electron chi connectivity index (χ3n) is 4.46. The van der Waals surface area contributed by atoms with Crippen molar-refractivity contribution in [3.8, 4) is 0 Å². The number of anilines is 2. The lowest BCUT2D eigenvalue weighted by Gasteiger charge is -2.23. The SMILES string of the molecule is CN(C)[C@H](CNC(=O)Nc1ccc(N2CCCS2(=O)=O)cc1)c1cccs1. The number of amides is 2. The van der Waals surface area contributed by atoms with Gasteiger partial charge in [-0.15, -0.1) is 11.3 Å². The molecule has 2 N–H and O–H groups in total. The number of sulfonamides is 1. The summed E-state index contributed by atoms with van der Waals surface area (Å²) in [6.45, 7) is 0.994. The van der Waals surface area contributed by atoms with E-state index in [4.69, 9.17) is 0 Å². The molecule has 2 amide bonds. The Morgan fingerprint density at radius 2 is 2.00 bits per heavy atom. The molecule has 0 aliphatic carbocycles. The molecular weight excluding hydrogens is 384 g/mol. The van der Waals surface area contributed by atoms with Crippen molar-refractivity contribution in [1.29, 1.82) is 0 Å². The van der Waals surface area contributed by atoms with Crippen LogP contribution in [-0.4, -0.2) is 52.3 Å². The molecule has 0 radical (unpaired) electrons. The second kappa shape index (κ2) is 8.28. The van der Waals surface area contributed by atoms with Gasteiger partial charge in [0.2, 0.25) is 10.0 Å². The molecule has 1 aromatic carbocycles. The Bertz CT molecular complexity index is 865. The highest BCUT2D eigenvalue weighted by molar-refractivity contribution is 7.93. The summed E-state index contributed by atoms with van der Waals surface area (Å²) < 4.78 is 25.4. The molecule has 1 aliphatic heterocycles. The first-order valence-corrected chi connectivity index (χ1v) is 11.2. The number of nitrogens with zero attached hydrogens (tertiary/aromatic N) is 2. The van der Waals surface area contributed by atoms with Crippen molar-refractivity contribution in [2.24, 2.45) is 0 Å². The second-order valence-corrected chi connectivity index (χ2v) is 9.61. The highest BCUT2D eigenvalue weighted by atomic mass is 32.2. The molecule has 0 bridgehead atoms. The minimum Gasteiger partial charge on any atom is -0.336 e. The summed E-state index contributed by atoms with van der Waals surface area (Å²) >= 11 is 1.66. The summed E-state index contributed by atoms with van der Waals surface area (Å²) in [6, 6.07) is 10.7. The van der Waals surface area contributed by atoms with E-state index in [1.807, 2.05) is 25.5 Å². The first kappa shape index (κ1) is 19.7. The first-order valence-electron chi connectivity index (χ1n) is 8.72. The van der Waals surface area contributed by atoms with E-state index in [-0.39, 0.29) is 17.8 Å². The van der Waals surface area contributed by atoms with Crippen LogP contribution in [-0.2, 0) is 10.0 Å². The minimum absolute atomic E-state index is 0.110. The van der Waals surface area contributed by atoms with Crippen molar-refractivity contribution in [2.45, 2.75) is 12.5 Å². The van der Waals surface area contributed by atoms with Crippen LogP contribution in [0.5, 0.6) is 0 Å². The van der Waals surface area contributed by atoms with Gasteiger partial charge in [-0.1, -0.05) is 6.07 Å². The highest BCUT2D eigenvalue weighted by Gasteiger charge is 2.28. The van der Waals surface area contributed by atoms with Gasteiger partial charge in [-0.3, -0.25) is 4.31 Å². The van der Waals surface area contributed by atoms with Crippen molar-refractivity contribution in [2.75, 3.05) is 42.6 Å². The molecule has 1 saturated heterocycles. The largest absolute Gasteiger partial charge is 0.336 e. The molecule has 0 saturated carbocycles. The smallest absolute Gasteiger partial charge is 0.319 e. The van der Waals surface area contributed by atoms with Crippen molar-refractivity contribution in [3.63, 3.8) is 0 Å². The number of hydrogen-bond donors (Lipinski definition) is 2. The lowest BCUT2D eigenvalue weighted by atomic mass is 10.2. The average Bonchev–Trinajstić information content (AvgIpc) is 3.25. The zero-order valence-electron chi connectivity index (χ0n) is 15.4. The standard InChI is InChI=1S/C18H24N4O3S2/c1-21(2)16(17-5-3-11-26-17)13-19-18(23)20-14-6-8-15(9-7-14)22-10-4-12-27(22,24)25/h3,5-9,11,16H,4,10,12-13H2,1-2H3,(H2,19,20,23)/t16-/m1/s1. The average molecular weight is 409 g/mol. The quantitative estimate of drug-likeness (QED) is 0.770. The fraction of sp³-hybridized carbons (Fsp3) is 0.389. The maximum Gasteiger partial charge on any atom is 0.319 e. The topological polar surface area (TPSA) is 81.8 Å². The Hall–Kier alpha value is -2.10. The summed E-state index contributed by atoms with van der Waals surface area (Å²) in [6.07, 6.45) is 0.641. The number of carbonyl (C=O) groups is 1. The highest BCUT2D eigenvalue weighted by Crippen LogP contribution is 2.25. The fourth-order valence-corrected chi connectivity index (χ4v) is 5.51. The maximum atomic E-state index is 12.2. The van der Waals surface area contributed by atoms with Crippen LogP contribution in [0.15, 0.2) is 41.8 Å². The first-order chi connectivity index (χ1) is 12.9. The van der Waals surface area contributed by atoms with E-state index in [9.17, 15) is 13.2 Å². The number of urea groups is 1. The van der Waals surface area contributed by atoms with Crippen LogP contribution < -0.4 is 14.9 Å². The van der Waals surface area contributed by atoms with Gasteiger partial charge in [-0.2, -0.15) is 0 Å². The van der Waals surface area contributed by atoms with E-state index in [1.54, 1.807) is 35.6 Å². The van der Waals surface area contributed by atoms with Gasteiger partial charge in [0.1, 0.15) is 0 Å². The lowest BCUT2D eigenvalue weighted by molar-refractivity contribution is 0.244. The van der Waals surface area contributed by atoms with Crippen LogP contribution in [0.3, 0.4) is 0 Å². The van der Waals surface area contributed by atoms with E-state index in [2.05, 4.69) is 21.6 Å². The molecular formula is C18H24N4O3S2. The number of nitrogens with one attached hydrogen (secondary N) is 2. The van der Waals surface area contributed by atoms with Gasteiger partial charge in [0.25, 0.3) is 0 Å². The Balaban J connectivity index is 1.56. The van der Waals surface area contributed by atoms with Crippen LogP contribution in [0.2, 0.25) is 0 Å². The molecule has 1 aromatic heterocycles. The number of likely N-dealkylation sites (N-methyl/N-ethyl adjacent to an activating group) is 1. The summed E-state index contributed by atoms with van der Waals surface area (Å²) in [4.78, 5) is 15.5. The predicted octanol–water partition coefficient (Wildman–Crippen LogP) is 2.71. The summed E-state index contributed by atoms with van der Waals surface area (Å²) in [5.74, 6) is 0.187. The third-order valence-corrected chi connectivity index (χ3v) is 7.31. The Kier molecular flexibility index (Phi) is 6.03. The summed E-state index contributed by atoms with van der Waals surface area (Å²) in [5.41, 5.74) is 1.24. The zero-order chi connectivity index (χ0) is 19.4. The maximum absolute atomic E-state index is 12.2. The third kappa shape index (κ3) is 4.79. The predicted molar refractivity (Wildman–Crippen MR) is 110 cm³/mol. The molecule has 2 aromatic rings. The minimum atomic E-state index is -3.19. The summed E-state index contributed by atoms with van der Waals surface area (Å²) in [7, 11) is 0.769. The lowest BCUT2D eigenvalue weighted by Crippen LogP contribution is -2.36. The molecule has 1 atom stereocenters. The van der Waals surface area contributed by atoms with E-state index in [1.165, 1.54) is 9.18 Å². The number of rotatable bonds is 6. The van der Waals surface area contributed by atoms with Crippen LogP contribution in [0.4, 0.5) is 16.2 Å².